The van der Waals surface area contributed by atoms with Crippen LogP contribution in [0.3, 0.4) is 0 Å². The summed E-state index contributed by atoms with van der Waals surface area (Å²) in [6, 6.07) is 13.4. The Bertz CT molecular complexity index is 728. The largest absolute Gasteiger partial charge is 0.335 e. The standard InChI is InChI=1S/C18H17BrN2OS/c1-2-11-21(13-15-5-3-14(12-20)4-6-15)18(22)10-8-16-7-9-17(19)23-16/h3-10H,2,11,13H2,1H3/b10-8+. The first-order chi connectivity index (χ1) is 11.1. The van der Waals surface area contributed by atoms with Crippen molar-refractivity contribution in [3.63, 3.8) is 0 Å². The summed E-state index contributed by atoms with van der Waals surface area (Å²) in [6.07, 6.45) is 4.37. The lowest BCUT2D eigenvalue weighted by Gasteiger charge is -2.20. The fourth-order valence-electron chi connectivity index (χ4n) is 2.12. The molecule has 0 fully saturated rings. The Labute approximate surface area is 149 Å². The van der Waals surface area contributed by atoms with E-state index in [2.05, 4.69) is 28.9 Å². The summed E-state index contributed by atoms with van der Waals surface area (Å²) in [4.78, 5) is 15.3. The number of thiophene rings is 1. The number of amides is 1. The summed E-state index contributed by atoms with van der Waals surface area (Å²) in [6.45, 7) is 3.31. The number of carbonyl (C=O) groups excluding carboxylic acids is 1. The van der Waals surface area contributed by atoms with Gasteiger partial charge in [-0.1, -0.05) is 19.1 Å². The number of halogens is 1. The van der Waals surface area contributed by atoms with Gasteiger partial charge in [-0.3, -0.25) is 4.79 Å². The van der Waals surface area contributed by atoms with Crippen LogP contribution in [0.5, 0.6) is 0 Å². The molecule has 0 aliphatic carbocycles. The third kappa shape index (κ3) is 5.34. The molecule has 0 saturated heterocycles. The van der Waals surface area contributed by atoms with E-state index in [1.807, 2.05) is 35.2 Å². The molecule has 1 aromatic heterocycles. The zero-order valence-corrected chi connectivity index (χ0v) is 15.2. The Kier molecular flexibility index (Phi) is 6.57. The van der Waals surface area contributed by atoms with E-state index < -0.39 is 0 Å². The molecule has 1 aromatic carbocycles. The molecule has 0 unspecified atom stereocenters. The highest BCUT2D eigenvalue weighted by Crippen LogP contribution is 2.23. The first-order valence-corrected chi connectivity index (χ1v) is 8.94. The molecule has 23 heavy (non-hydrogen) atoms. The molecule has 0 saturated carbocycles. The Morgan fingerprint density at radius 1 is 1.30 bits per heavy atom. The van der Waals surface area contributed by atoms with Gasteiger partial charge in [-0.05, 0) is 58.3 Å². The highest BCUT2D eigenvalue weighted by molar-refractivity contribution is 9.11. The second-order valence-electron chi connectivity index (χ2n) is 5.04. The number of rotatable bonds is 6. The predicted molar refractivity (Wildman–Crippen MR) is 97.9 cm³/mol. The lowest BCUT2D eigenvalue weighted by molar-refractivity contribution is -0.126. The Morgan fingerprint density at radius 2 is 2.04 bits per heavy atom. The maximum absolute atomic E-state index is 12.4. The van der Waals surface area contributed by atoms with Crippen LogP contribution in [0.15, 0.2) is 46.3 Å². The van der Waals surface area contributed by atoms with Crippen molar-refractivity contribution in [3.8, 4) is 6.07 Å². The molecule has 118 valence electrons. The van der Waals surface area contributed by atoms with Crippen molar-refractivity contribution in [3.05, 3.63) is 62.3 Å². The van der Waals surface area contributed by atoms with Crippen molar-refractivity contribution in [1.29, 1.82) is 5.26 Å². The van der Waals surface area contributed by atoms with Gasteiger partial charge in [0.1, 0.15) is 0 Å². The van der Waals surface area contributed by atoms with Crippen LogP contribution < -0.4 is 0 Å². The van der Waals surface area contributed by atoms with E-state index >= 15 is 0 Å². The molecule has 0 spiro atoms. The third-order valence-electron chi connectivity index (χ3n) is 3.25. The highest BCUT2D eigenvalue weighted by Gasteiger charge is 2.10. The number of nitriles is 1. The van der Waals surface area contributed by atoms with Gasteiger partial charge in [0.15, 0.2) is 0 Å². The average molecular weight is 389 g/mol. The molecule has 0 radical (unpaired) electrons. The summed E-state index contributed by atoms with van der Waals surface area (Å²) < 4.78 is 1.05. The van der Waals surface area contributed by atoms with E-state index in [1.54, 1.807) is 29.5 Å². The maximum atomic E-state index is 12.4. The summed E-state index contributed by atoms with van der Waals surface area (Å²) in [5, 5.41) is 8.84. The van der Waals surface area contributed by atoms with Crippen LogP contribution in [-0.2, 0) is 11.3 Å². The molecule has 1 amide bonds. The van der Waals surface area contributed by atoms with Crippen molar-refractivity contribution in [2.24, 2.45) is 0 Å². The zero-order chi connectivity index (χ0) is 16.7. The monoisotopic (exact) mass is 388 g/mol. The van der Waals surface area contributed by atoms with Gasteiger partial charge in [-0.2, -0.15) is 5.26 Å². The van der Waals surface area contributed by atoms with E-state index in [9.17, 15) is 4.79 Å². The average Bonchev–Trinajstić information content (AvgIpc) is 2.98. The molecule has 1 heterocycles. The first-order valence-electron chi connectivity index (χ1n) is 7.33. The van der Waals surface area contributed by atoms with Crippen LogP contribution in [0.25, 0.3) is 6.08 Å². The highest BCUT2D eigenvalue weighted by atomic mass is 79.9. The summed E-state index contributed by atoms with van der Waals surface area (Å²) >= 11 is 5.01. The minimum absolute atomic E-state index is 0.000678. The van der Waals surface area contributed by atoms with Gasteiger partial charge in [0, 0.05) is 24.0 Å². The predicted octanol–water partition coefficient (Wildman–Crippen LogP) is 4.83. The molecule has 0 atom stereocenters. The minimum Gasteiger partial charge on any atom is -0.335 e. The van der Waals surface area contributed by atoms with Crippen molar-refractivity contribution in [2.75, 3.05) is 6.54 Å². The van der Waals surface area contributed by atoms with Crippen molar-refractivity contribution in [2.45, 2.75) is 19.9 Å². The number of benzene rings is 1. The van der Waals surface area contributed by atoms with Crippen molar-refractivity contribution in [1.82, 2.24) is 4.90 Å². The van der Waals surface area contributed by atoms with Crippen LogP contribution in [0.4, 0.5) is 0 Å². The molecule has 3 nitrogen and oxygen atoms in total. The van der Waals surface area contributed by atoms with Crippen molar-refractivity contribution >= 4 is 39.2 Å². The quantitative estimate of drug-likeness (QED) is 0.664. The van der Waals surface area contributed by atoms with E-state index in [0.29, 0.717) is 18.7 Å². The summed E-state index contributed by atoms with van der Waals surface area (Å²) in [7, 11) is 0. The van der Waals surface area contributed by atoms with Gasteiger partial charge >= 0.3 is 0 Å². The normalized spacial score (nSPS) is 10.7. The molecular weight excluding hydrogens is 372 g/mol. The molecule has 0 N–H and O–H groups in total. The fraction of sp³-hybridized carbons (Fsp3) is 0.222. The Hall–Kier alpha value is -1.90. The van der Waals surface area contributed by atoms with Gasteiger partial charge in [-0.25, -0.2) is 0 Å². The van der Waals surface area contributed by atoms with Crippen LogP contribution in [0, 0.1) is 11.3 Å². The van der Waals surface area contributed by atoms with Gasteiger partial charge in [0.2, 0.25) is 5.91 Å². The molecule has 5 heteroatoms. The van der Waals surface area contributed by atoms with E-state index in [4.69, 9.17) is 5.26 Å². The lowest BCUT2D eigenvalue weighted by atomic mass is 10.1. The smallest absolute Gasteiger partial charge is 0.246 e. The second kappa shape index (κ2) is 8.66. The van der Waals surface area contributed by atoms with E-state index in [1.165, 1.54) is 0 Å². The van der Waals surface area contributed by atoms with Gasteiger partial charge in [-0.15, -0.1) is 11.3 Å². The molecule has 0 aliphatic rings. The third-order valence-corrected chi connectivity index (χ3v) is 4.83. The minimum atomic E-state index is 0.000678. The molecule has 0 bridgehead atoms. The first kappa shape index (κ1) is 17.5. The van der Waals surface area contributed by atoms with Gasteiger partial charge in [0.05, 0.1) is 15.4 Å². The fourth-order valence-corrected chi connectivity index (χ4v) is 3.45. The molecule has 2 rings (SSSR count). The molecule has 2 aromatic rings. The number of nitrogens with zero attached hydrogens (tertiary/aromatic N) is 2. The zero-order valence-electron chi connectivity index (χ0n) is 12.8. The molecule has 0 aliphatic heterocycles. The lowest BCUT2D eigenvalue weighted by Crippen LogP contribution is -2.29. The molecular formula is C18H17BrN2OS. The second-order valence-corrected chi connectivity index (χ2v) is 7.54. The van der Waals surface area contributed by atoms with Gasteiger partial charge in [0.25, 0.3) is 0 Å². The Balaban J connectivity index is 2.05. The van der Waals surface area contributed by atoms with Crippen molar-refractivity contribution < 1.29 is 4.79 Å². The maximum Gasteiger partial charge on any atom is 0.246 e. The Morgan fingerprint density at radius 3 is 2.61 bits per heavy atom. The number of carbonyl (C=O) groups is 1. The topological polar surface area (TPSA) is 44.1 Å². The van der Waals surface area contributed by atoms with E-state index in [-0.39, 0.29) is 5.91 Å². The van der Waals surface area contributed by atoms with Crippen LogP contribution in [-0.4, -0.2) is 17.4 Å². The van der Waals surface area contributed by atoms with Crippen LogP contribution in [0.1, 0.15) is 29.3 Å². The summed E-state index contributed by atoms with van der Waals surface area (Å²) in [5.41, 5.74) is 1.66. The number of hydrogen-bond donors (Lipinski definition) is 0. The van der Waals surface area contributed by atoms with Crippen LogP contribution in [0.2, 0.25) is 0 Å². The summed E-state index contributed by atoms with van der Waals surface area (Å²) in [5.74, 6) is 0.000678. The van der Waals surface area contributed by atoms with Crippen LogP contribution >= 0.6 is 27.3 Å². The SMILES string of the molecule is CCCN(Cc1ccc(C#N)cc1)C(=O)/C=C/c1ccc(Br)s1. The van der Waals surface area contributed by atoms with Gasteiger partial charge < -0.3 is 4.90 Å². The number of hydrogen-bond acceptors (Lipinski definition) is 3. The van der Waals surface area contributed by atoms with E-state index in [0.717, 1.165) is 20.6 Å².